The Morgan fingerprint density at radius 3 is 2.48 bits per heavy atom. The number of aliphatic hydroxyl groups excluding tert-OH is 1. The summed E-state index contributed by atoms with van der Waals surface area (Å²) in [4.78, 5) is 11.4. The van der Waals surface area contributed by atoms with Crippen molar-refractivity contribution in [2.75, 3.05) is 17.2 Å². The van der Waals surface area contributed by atoms with Gasteiger partial charge in [0.2, 0.25) is 5.91 Å². The number of amides is 1. The molecule has 0 saturated carbocycles. The van der Waals surface area contributed by atoms with Crippen molar-refractivity contribution in [3.63, 3.8) is 0 Å². The molecule has 6 heteroatoms. The summed E-state index contributed by atoms with van der Waals surface area (Å²) in [7, 11) is 0. The third kappa shape index (κ3) is 4.32. The first kappa shape index (κ1) is 17.0. The number of benzene rings is 1. The molecule has 1 aromatic carbocycles. The van der Waals surface area contributed by atoms with Crippen LogP contribution in [-0.2, 0) is 17.9 Å². The van der Waals surface area contributed by atoms with E-state index in [-0.39, 0.29) is 12.5 Å². The highest BCUT2D eigenvalue weighted by molar-refractivity contribution is 5.90. The number of nitrogens with zero attached hydrogens (tertiary/aromatic N) is 2. The average Bonchev–Trinajstić information content (AvgIpc) is 2.81. The summed E-state index contributed by atoms with van der Waals surface area (Å²) in [5.41, 5.74) is 4.95. The van der Waals surface area contributed by atoms with Crippen LogP contribution in [0.1, 0.15) is 30.3 Å². The van der Waals surface area contributed by atoms with Crippen molar-refractivity contribution in [3.05, 3.63) is 41.2 Å². The Labute approximate surface area is 136 Å². The van der Waals surface area contributed by atoms with Crippen molar-refractivity contribution < 1.29 is 9.90 Å². The molecule has 0 fully saturated rings. The molecule has 1 aromatic heterocycles. The number of aromatic nitrogens is 2. The predicted molar refractivity (Wildman–Crippen MR) is 91.5 cm³/mol. The summed E-state index contributed by atoms with van der Waals surface area (Å²) in [6, 6.07) is 7.64. The van der Waals surface area contributed by atoms with Crippen molar-refractivity contribution >= 4 is 17.3 Å². The lowest BCUT2D eigenvalue weighted by Gasteiger charge is -2.09. The lowest BCUT2D eigenvalue weighted by molar-refractivity contribution is -0.115. The zero-order valence-corrected chi connectivity index (χ0v) is 13.9. The second-order valence-corrected chi connectivity index (χ2v) is 5.43. The highest BCUT2D eigenvalue weighted by atomic mass is 16.3. The van der Waals surface area contributed by atoms with Gasteiger partial charge >= 0.3 is 0 Å². The standard InChI is InChI=1S/C17H24N4O2/c1-4-17(23)19-15-7-5-14(6-8-15)18-11-16-12(2)20-21(9-10-22)13(16)3/h5-8,18,22H,4,9-11H2,1-3H3,(H,19,23). The highest BCUT2D eigenvalue weighted by Crippen LogP contribution is 2.18. The van der Waals surface area contributed by atoms with Gasteiger partial charge in [-0.15, -0.1) is 0 Å². The summed E-state index contributed by atoms with van der Waals surface area (Å²) < 4.78 is 1.83. The number of carbonyl (C=O) groups excluding carboxylic acids is 1. The van der Waals surface area contributed by atoms with Crippen molar-refractivity contribution in [2.24, 2.45) is 0 Å². The number of rotatable bonds is 7. The molecule has 0 atom stereocenters. The number of hydrogen-bond donors (Lipinski definition) is 3. The van der Waals surface area contributed by atoms with E-state index in [1.54, 1.807) is 0 Å². The van der Waals surface area contributed by atoms with Crippen LogP contribution < -0.4 is 10.6 Å². The van der Waals surface area contributed by atoms with Crippen LogP contribution in [0.2, 0.25) is 0 Å². The molecule has 0 saturated heterocycles. The zero-order chi connectivity index (χ0) is 16.8. The highest BCUT2D eigenvalue weighted by Gasteiger charge is 2.10. The van der Waals surface area contributed by atoms with E-state index in [1.807, 2.05) is 49.7 Å². The lowest BCUT2D eigenvalue weighted by atomic mass is 10.2. The number of anilines is 2. The summed E-state index contributed by atoms with van der Waals surface area (Å²) in [6.45, 7) is 7.08. The minimum atomic E-state index is 0.00764. The van der Waals surface area contributed by atoms with Crippen LogP contribution in [0.4, 0.5) is 11.4 Å². The van der Waals surface area contributed by atoms with Gasteiger partial charge < -0.3 is 15.7 Å². The van der Waals surface area contributed by atoms with E-state index in [4.69, 9.17) is 5.11 Å². The van der Waals surface area contributed by atoms with E-state index in [2.05, 4.69) is 15.7 Å². The van der Waals surface area contributed by atoms with E-state index in [0.29, 0.717) is 19.5 Å². The molecule has 1 amide bonds. The molecule has 0 aliphatic carbocycles. The number of nitrogens with one attached hydrogen (secondary N) is 2. The number of hydrogen-bond acceptors (Lipinski definition) is 4. The fourth-order valence-corrected chi connectivity index (χ4v) is 2.41. The van der Waals surface area contributed by atoms with Gasteiger partial charge in [0.25, 0.3) is 0 Å². The van der Waals surface area contributed by atoms with E-state index in [9.17, 15) is 4.79 Å². The molecule has 3 N–H and O–H groups in total. The Morgan fingerprint density at radius 1 is 1.22 bits per heavy atom. The molecule has 0 aliphatic rings. The van der Waals surface area contributed by atoms with Crippen molar-refractivity contribution in [1.82, 2.24) is 9.78 Å². The van der Waals surface area contributed by atoms with Crippen LogP contribution in [0, 0.1) is 13.8 Å². The van der Waals surface area contributed by atoms with Crippen LogP contribution >= 0.6 is 0 Å². The topological polar surface area (TPSA) is 79.2 Å². The van der Waals surface area contributed by atoms with Crippen LogP contribution in [0.15, 0.2) is 24.3 Å². The quantitative estimate of drug-likeness (QED) is 0.733. The maximum Gasteiger partial charge on any atom is 0.224 e. The largest absolute Gasteiger partial charge is 0.394 e. The van der Waals surface area contributed by atoms with Crippen LogP contribution in [0.25, 0.3) is 0 Å². The summed E-state index contributed by atoms with van der Waals surface area (Å²) in [5.74, 6) is 0.00764. The monoisotopic (exact) mass is 316 g/mol. The molecule has 0 spiro atoms. The molecule has 6 nitrogen and oxygen atoms in total. The first-order valence-corrected chi connectivity index (χ1v) is 7.82. The Balaban J connectivity index is 2.00. The summed E-state index contributed by atoms with van der Waals surface area (Å²) in [6.07, 6.45) is 0.469. The number of aryl methyl sites for hydroxylation is 1. The molecule has 1 heterocycles. The Hall–Kier alpha value is -2.34. The fraction of sp³-hybridized carbons (Fsp3) is 0.412. The maximum absolute atomic E-state index is 11.4. The lowest BCUT2D eigenvalue weighted by Crippen LogP contribution is -2.09. The summed E-state index contributed by atoms with van der Waals surface area (Å²) in [5, 5.41) is 19.7. The van der Waals surface area contributed by atoms with Gasteiger partial charge in [-0.05, 0) is 38.1 Å². The van der Waals surface area contributed by atoms with Gasteiger partial charge in [0, 0.05) is 35.6 Å². The van der Waals surface area contributed by atoms with Crippen LogP contribution in [-0.4, -0.2) is 27.4 Å². The minimum absolute atomic E-state index is 0.00764. The molecular formula is C17H24N4O2. The van der Waals surface area contributed by atoms with Crippen molar-refractivity contribution in [1.29, 1.82) is 0 Å². The first-order chi connectivity index (χ1) is 11.0. The fourth-order valence-electron chi connectivity index (χ4n) is 2.41. The number of carbonyl (C=O) groups is 1. The summed E-state index contributed by atoms with van der Waals surface area (Å²) >= 11 is 0. The molecule has 0 radical (unpaired) electrons. The normalized spacial score (nSPS) is 10.6. The molecule has 0 bridgehead atoms. The van der Waals surface area contributed by atoms with Crippen molar-refractivity contribution in [3.8, 4) is 0 Å². The van der Waals surface area contributed by atoms with Gasteiger partial charge in [0.15, 0.2) is 0 Å². The molecule has 0 unspecified atom stereocenters. The Morgan fingerprint density at radius 2 is 1.87 bits per heavy atom. The second kappa shape index (κ2) is 7.78. The molecule has 2 aromatic rings. The molecule has 2 rings (SSSR count). The molecule has 23 heavy (non-hydrogen) atoms. The van der Waals surface area contributed by atoms with Gasteiger partial charge in [-0.2, -0.15) is 5.10 Å². The van der Waals surface area contributed by atoms with Crippen LogP contribution in [0.3, 0.4) is 0 Å². The van der Waals surface area contributed by atoms with E-state index < -0.39 is 0 Å². The Bertz CT molecular complexity index is 662. The smallest absolute Gasteiger partial charge is 0.224 e. The van der Waals surface area contributed by atoms with Gasteiger partial charge in [-0.1, -0.05) is 6.92 Å². The van der Waals surface area contributed by atoms with Gasteiger partial charge in [0.1, 0.15) is 0 Å². The zero-order valence-electron chi connectivity index (χ0n) is 13.9. The first-order valence-electron chi connectivity index (χ1n) is 7.82. The molecular weight excluding hydrogens is 292 g/mol. The minimum Gasteiger partial charge on any atom is -0.394 e. The third-order valence-corrected chi connectivity index (χ3v) is 3.80. The van der Waals surface area contributed by atoms with E-state index in [1.165, 1.54) is 0 Å². The Kier molecular flexibility index (Phi) is 5.76. The maximum atomic E-state index is 11.4. The SMILES string of the molecule is CCC(=O)Nc1ccc(NCc2c(C)nn(CCO)c2C)cc1. The average molecular weight is 316 g/mol. The van der Waals surface area contributed by atoms with Crippen molar-refractivity contribution in [2.45, 2.75) is 40.3 Å². The van der Waals surface area contributed by atoms with E-state index >= 15 is 0 Å². The van der Waals surface area contributed by atoms with E-state index in [0.717, 1.165) is 28.3 Å². The third-order valence-electron chi connectivity index (χ3n) is 3.80. The van der Waals surface area contributed by atoms with Gasteiger partial charge in [0.05, 0.1) is 18.8 Å². The van der Waals surface area contributed by atoms with Gasteiger partial charge in [-0.25, -0.2) is 0 Å². The predicted octanol–water partition coefficient (Wildman–Crippen LogP) is 2.45. The number of aliphatic hydroxyl groups is 1. The molecule has 124 valence electrons. The van der Waals surface area contributed by atoms with Crippen LogP contribution in [0.5, 0.6) is 0 Å². The molecule has 0 aliphatic heterocycles. The second-order valence-electron chi connectivity index (χ2n) is 5.43. The van der Waals surface area contributed by atoms with Gasteiger partial charge in [-0.3, -0.25) is 9.48 Å².